The smallest absolute Gasteiger partial charge is 0.0951 e. The first-order valence-electron chi connectivity index (χ1n) is 11.3. The van der Waals surface area contributed by atoms with Crippen LogP contribution in [-0.2, 0) is 4.74 Å². The zero-order chi connectivity index (χ0) is 19.4. The predicted molar refractivity (Wildman–Crippen MR) is 116 cm³/mol. The minimum Gasteiger partial charge on any atom is -0.368 e. The lowest BCUT2D eigenvalue weighted by molar-refractivity contribution is -0.143. The molecule has 1 aliphatic heterocycles. The summed E-state index contributed by atoms with van der Waals surface area (Å²) in [4.78, 5) is -0.356. The maximum Gasteiger partial charge on any atom is 0.0951 e. The summed E-state index contributed by atoms with van der Waals surface area (Å²) in [5.74, 6) is 2.85. The van der Waals surface area contributed by atoms with Gasteiger partial charge in [0.2, 0.25) is 0 Å². The van der Waals surface area contributed by atoms with Crippen LogP contribution >= 0.6 is 23.2 Å². The molecule has 27 heavy (non-hydrogen) atoms. The highest BCUT2D eigenvalue weighted by Gasteiger charge is 2.53. The topological polar surface area (TPSA) is 9.23 Å². The van der Waals surface area contributed by atoms with Gasteiger partial charge in [-0.2, -0.15) is 0 Å². The largest absolute Gasteiger partial charge is 0.368 e. The summed E-state index contributed by atoms with van der Waals surface area (Å²) in [6, 6.07) is 0. The Morgan fingerprint density at radius 2 is 1.63 bits per heavy atom. The molecule has 4 rings (SSSR count). The molecule has 3 fully saturated rings. The van der Waals surface area contributed by atoms with Gasteiger partial charge in [-0.1, -0.05) is 52.2 Å². The van der Waals surface area contributed by atoms with Crippen LogP contribution in [0.25, 0.3) is 0 Å². The molecule has 0 aromatic rings. The highest BCUT2D eigenvalue weighted by molar-refractivity contribution is 6.26. The highest BCUT2D eigenvalue weighted by atomic mass is 35.5. The lowest BCUT2D eigenvalue weighted by Crippen LogP contribution is -2.55. The van der Waals surface area contributed by atoms with E-state index in [2.05, 4.69) is 39.8 Å². The van der Waals surface area contributed by atoms with Crippen molar-refractivity contribution in [1.29, 1.82) is 0 Å². The molecule has 0 aromatic carbocycles. The van der Waals surface area contributed by atoms with Crippen molar-refractivity contribution >= 4 is 23.2 Å². The average Bonchev–Trinajstić information content (AvgIpc) is 2.62. The molecule has 0 spiro atoms. The van der Waals surface area contributed by atoms with Gasteiger partial charge in [-0.3, -0.25) is 0 Å². The second kappa shape index (κ2) is 7.21. The number of fused-ring (bicyclic) bond motifs is 3. The maximum absolute atomic E-state index is 7.18. The van der Waals surface area contributed by atoms with Gasteiger partial charge in [0.05, 0.1) is 17.1 Å². The number of alkyl halides is 2. The molecule has 3 aliphatic carbocycles. The summed E-state index contributed by atoms with van der Waals surface area (Å²) in [6.45, 7) is 9.41. The van der Waals surface area contributed by atoms with Crippen LogP contribution in [0.2, 0.25) is 0 Å². The molecule has 3 saturated carbocycles. The molecule has 1 nitrogen and oxygen atoms in total. The van der Waals surface area contributed by atoms with E-state index in [0.29, 0.717) is 23.4 Å². The quantitative estimate of drug-likeness (QED) is 0.323. The van der Waals surface area contributed by atoms with Crippen LogP contribution in [0.1, 0.15) is 85.5 Å². The second-order valence-corrected chi connectivity index (χ2v) is 13.0. The Balaban J connectivity index is 1.58. The SMILES string of the molecule is CC1(Cl)CCC(Cl)(C2C=CC3C(O2)C2CCCCC2CC3C(C)(C)C)CC1. The summed E-state index contributed by atoms with van der Waals surface area (Å²) >= 11 is 13.8. The first-order valence-corrected chi connectivity index (χ1v) is 12.1. The number of halogens is 2. The molecule has 6 unspecified atom stereocenters. The van der Waals surface area contributed by atoms with E-state index in [0.717, 1.165) is 37.5 Å². The predicted octanol–water partition coefficient (Wildman–Crippen LogP) is 7.35. The van der Waals surface area contributed by atoms with Gasteiger partial charge >= 0.3 is 0 Å². The standard InChI is InChI=1S/C24H38Cl2O/c1-22(2,3)19-15-16-7-5-6-8-17(16)21-18(19)9-10-20(27-21)24(26)13-11-23(4,25)12-14-24/h9-10,16-21H,5-8,11-15H2,1-4H3. The third-order valence-corrected chi connectivity index (χ3v) is 9.32. The van der Waals surface area contributed by atoms with Crippen LogP contribution < -0.4 is 0 Å². The molecule has 0 radical (unpaired) electrons. The Morgan fingerprint density at radius 1 is 0.963 bits per heavy atom. The van der Waals surface area contributed by atoms with Gasteiger partial charge in [-0.15, -0.1) is 23.2 Å². The fourth-order valence-corrected chi connectivity index (χ4v) is 7.04. The molecule has 154 valence electrons. The van der Waals surface area contributed by atoms with Gasteiger partial charge in [0.15, 0.2) is 0 Å². The molecule has 1 heterocycles. The third kappa shape index (κ3) is 3.99. The van der Waals surface area contributed by atoms with E-state index in [-0.39, 0.29) is 15.9 Å². The van der Waals surface area contributed by atoms with E-state index in [1.807, 2.05) is 0 Å². The van der Waals surface area contributed by atoms with Crippen molar-refractivity contribution in [1.82, 2.24) is 0 Å². The Kier molecular flexibility index (Phi) is 5.48. The minimum absolute atomic E-state index is 0.0504. The van der Waals surface area contributed by atoms with E-state index in [9.17, 15) is 0 Å². The maximum atomic E-state index is 7.18. The molecule has 0 aromatic heterocycles. The van der Waals surface area contributed by atoms with Crippen molar-refractivity contribution in [3.05, 3.63) is 12.2 Å². The Morgan fingerprint density at radius 3 is 2.30 bits per heavy atom. The van der Waals surface area contributed by atoms with E-state index in [4.69, 9.17) is 27.9 Å². The summed E-state index contributed by atoms with van der Waals surface area (Å²) < 4.78 is 6.93. The monoisotopic (exact) mass is 412 g/mol. The minimum atomic E-state index is -0.269. The summed E-state index contributed by atoms with van der Waals surface area (Å²) in [6.07, 6.45) is 16.0. The van der Waals surface area contributed by atoms with Gasteiger partial charge in [0.1, 0.15) is 0 Å². The molecular formula is C24H38Cl2O. The van der Waals surface area contributed by atoms with Crippen molar-refractivity contribution in [2.45, 2.75) is 107 Å². The second-order valence-electron chi connectivity index (χ2n) is 11.3. The first-order chi connectivity index (χ1) is 12.6. The lowest BCUT2D eigenvalue weighted by Gasteiger charge is -2.55. The summed E-state index contributed by atoms with van der Waals surface area (Å²) in [7, 11) is 0. The number of hydrogen-bond acceptors (Lipinski definition) is 1. The molecule has 0 bridgehead atoms. The molecule has 0 N–H and O–H groups in total. The van der Waals surface area contributed by atoms with Gasteiger partial charge < -0.3 is 4.74 Å². The van der Waals surface area contributed by atoms with Crippen molar-refractivity contribution < 1.29 is 4.74 Å². The van der Waals surface area contributed by atoms with E-state index < -0.39 is 0 Å². The van der Waals surface area contributed by atoms with Crippen LogP contribution in [-0.4, -0.2) is 22.0 Å². The van der Waals surface area contributed by atoms with Crippen LogP contribution in [0.15, 0.2) is 12.2 Å². The zero-order valence-corrected chi connectivity index (χ0v) is 19.2. The van der Waals surface area contributed by atoms with Gasteiger partial charge in [-0.05, 0) is 68.6 Å². The average molecular weight is 413 g/mol. The third-order valence-electron chi connectivity index (χ3n) is 8.35. The zero-order valence-electron chi connectivity index (χ0n) is 17.6. The fourth-order valence-electron chi connectivity index (χ4n) is 6.54. The normalized spacial score (nSPS) is 50.7. The first kappa shape index (κ1) is 20.5. The Hall–Kier alpha value is 0.280. The van der Waals surface area contributed by atoms with Crippen LogP contribution in [0.3, 0.4) is 0 Å². The fraction of sp³-hybridized carbons (Fsp3) is 0.917. The van der Waals surface area contributed by atoms with Crippen LogP contribution in [0.4, 0.5) is 0 Å². The van der Waals surface area contributed by atoms with Gasteiger partial charge in [0, 0.05) is 10.8 Å². The summed E-state index contributed by atoms with van der Waals surface area (Å²) in [5, 5.41) is 0. The molecule has 3 heteroatoms. The molecule has 4 aliphatic rings. The van der Waals surface area contributed by atoms with E-state index >= 15 is 0 Å². The van der Waals surface area contributed by atoms with Crippen LogP contribution in [0.5, 0.6) is 0 Å². The molecular weight excluding hydrogens is 375 g/mol. The van der Waals surface area contributed by atoms with Crippen LogP contribution in [0, 0.1) is 29.1 Å². The van der Waals surface area contributed by atoms with Gasteiger partial charge in [-0.25, -0.2) is 0 Å². The van der Waals surface area contributed by atoms with E-state index in [1.165, 1.54) is 32.1 Å². The Bertz CT molecular complexity index is 565. The van der Waals surface area contributed by atoms with Crippen molar-refractivity contribution in [2.24, 2.45) is 29.1 Å². The van der Waals surface area contributed by atoms with Gasteiger partial charge in [0.25, 0.3) is 0 Å². The number of ether oxygens (including phenoxy) is 1. The summed E-state index contributed by atoms with van der Waals surface area (Å²) in [5.41, 5.74) is 0.329. The number of hydrogen-bond donors (Lipinski definition) is 0. The molecule has 6 atom stereocenters. The highest BCUT2D eigenvalue weighted by Crippen LogP contribution is 2.55. The lowest BCUT2D eigenvalue weighted by atomic mass is 9.55. The van der Waals surface area contributed by atoms with Crippen molar-refractivity contribution in [2.75, 3.05) is 0 Å². The van der Waals surface area contributed by atoms with Crippen molar-refractivity contribution in [3.63, 3.8) is 0 Å². The van der Waals surface area contributed by atoms with Crippen molar-refractivity contribution in [3.8, 4) is 0 Å². The Labute approximate surface area is 176 Å². The van der Waals surface area contributed by atoms with E-state index in [1.54, 1.807) is 0 Å². The molecule has 0 amide bonds. The number of rotatable bonds is 1. The molecule has 0 saturated heterocycles.